The number of halogens is 2. The highest BCUT2D eigenvalue weighted by atomic mass is 32.1. The number of carbonyl (C=O) groups is 2. The van der Waals surface area contributed by atoms with Crippen molar-refractivity contribution in [3.05, 3.63) is 93.2 Å². The highest BCUT2D eigenvalue weighted by molar-refractivity contribution is 7.13. The largest absolute Gasteiger partial charge is 0.347 e. The average Bonchev–Trinajstić information content (AvgIpc) is 3.12. The first kappa shape index (κ1) is 20.7. The van der Waals surface area contributed by atoms with Crippen LogP contribution < -0.4 is 10.6 Å². The standard InChI is InChI=1S/C22H20F2N2O2S/c1-14-8-9-20(29-14)22(28)25-13-21(27)26-19(16-5-3-7-18(24)12-16)11-15-4-2-6-17(23)10-15/h2-10,12,19H,11,13H2,1H3,(H,25,28)(H,26,27). The Labute approximate surface area is 171 Å². The topological polar surface area (TPSA) is 58.2 Å². The molecule has 0 aliphatic rings. The van der Waals surface area contributed by atoms with Gasteiger partial charge in [-0.25, -0.2) is 8.78 Å². The third-order valence-electron chi connectivity index (χ3n) is 4.29. The highest BCUT2D eigenvalue weighted by Crippen LogP contribution is 2.20. The first-order valence-corrected chi connectivity index (χ1v) is 9.86. The third kappa shape index (κ3) is 5.96. The van der Waals surface area contributed by atoms with Crippen molar-refractivity contribution >= 4 is 23.2 Å². The molecule has 0 saturated heterocycles. The minimum Gasteiger partial charge on any atom is -0.347 e. The zero-order valence-electron chi connectivity index (χ0n) is 15.7. The summed E-state index contributed by atoms with van der Waals surface area (Å²) in [5.41, 5.74) is 1.22. The van der Waals surface area contributed by atoms with Crippen molar-refractivity contribution in [2.24, 2.45) is 0 Å². The first-order chi connectivity index (χ1) is 13.9. The number of hydrogen-bond acceptors (Lipinski definition) is 3. The summed E-state index contributed by atoms with van der Waals surface area (Å²) < 4.78 is 27.2. The van der Waals surface area contributed by atoms with Crippen LogP contribution in [-0.2, 0) is 11.2 Å². The van der Waals surface area contributed by atoms with Crippen molar-refractivity contribution in [2.45, 2.75) is 19.4 Å². The monoisotopic (exact) mass is 414 g/mol. The summed E-state index contributed by atoms with van der Waals surface area (Å²) in [4.78, 5) is 26.1. The second-order valence-electron chi connectivity index (χ2n) is 6.60. The lowest BCUT2D eigenvalue weighted by molar-refractivity contribution is -0.120. The molecule has 0 aliphatic heterocycles. The molecule has 0 aliphatic carbocycles. The molecule has 29 heavy (non-hydrogen) atoms. The van der Waals surface area contributed by atoms with Crippen molar-refractivity contribution in [3.63, 3.8) is 0 Å². The lowest BCUT2D eigenvalue weighted by Crippen LogP contribution is -2.39. The number of nitrogens with one attached hydrogen (secondary N) is 2. The number of thiophene rings is 1. The molecular formula is C22H20F2N2O2S. The average molecular weight is 414 g/mol. The summed E-state index contributed by atoms with van der Waals surface area (Å²) in [6.45, 7) is 1.68. The van der Waals surface area contributed by atoms with Gasteiger partial charge in [-0.1, -0.05) is 24.3 Å². The smallest absolute Gasteiger partial charge is 0.261 e. The van der Waals surface area contributed by atoms with E-state index in [1.165, 1.54) is 35.6 Å². The van der Waals surface area contributed by atoms with E-state index in [0.29, 0.717) is 16.0 Å². The first-order valence-electron chi connectivity index (χ1n) is 9.04. The lowest BCUT2D eigenvalue weighted by Gasteiger charge is -2.20. The van der Waals surface area contributed by atoms with Crippen molar-refractivity contribution in [3.8, 4) is 0 Å². The van der Waals surface area contributed by atoms with Crippen molar-refractivity contribution in [1.82, 2.24) is 10.6 Å². The second-order valence-corrected chi connectivity index (χ2v) is 7.89. The van der Waals surface area contributed by atoms with E-state index in [1.54, 1.807) is 30.3 Å². The number of aryl methyl sites for hydroxylation is 1. The summed E-state index contributed by atoms with van der Waals surface area (Å²) in [5, 5.41) is 5.38. The predicted octanol–water partition coefficient (Wildman–Crippen LogP) is 4.16. The number of amides is 2. The molecule has 0 bridgehead atoms. The maximum Gasteiger partial charge on any atom is 0.261 e. The Morgan fingerprint density at radius 1 is 1.00 bits per heavy atom. The van der Waals surface area contributed by atoms with Gasteiger partial charge >= 0.3 is 0 Å². The number of hydrogen-bond donors (Lipinski definition) is 2. The Hall–Kier alpha value is -3.06. The van der Waals surface area contributed by atoms with E-state index in [9.17, 15) is 18.4 Å². The molecule has 0 saturated carbocycles. The highest BCUT2D eigenvalue weighted by Gasteiger charge is 2.17. The minimum absolute atomic E-state index is 0.218. The van der Waals surface area contributed by atoms with Crippen LogP contribution in [-0.4, -0.2) is 18.4 Å². The molecule has 3 rings (SSSR count). The van der Waals surface area contributed by atoms with Crippen LogP contribution in [0.1, 0.15) is 31.7 Å². The van der Waals surface area contributed by atoms with E-state index in [-0.39, 0.29) is 24.7 Å². The maximum atomic E-state index is 13.7. The summed E-state index contributed by atoms with van der Waals surface area (Å²) >= 11 is 1.34. The molecular weight excluding hydrogens is 394 g/mol. The van der Waals surface area contributed by atoms with E-state index < -0.39 is 17.8 Å². The fourth-order valence-corrected chi connectivity index (χ4v) is 3.71. The van der Waals surface area contributed by atoms with Crippen LogP contribution in [0.2, 0.25) is 0 Å². The van der Waals surface area contributed by atoms with Crippen LogP contribution in [0.25, 0.3) is 0 Å². The van der Waals surface area contributed by atoms with Crippen LogP contribution in [0.15, 0.2) is 60.7 Å². The number of benzene rings is 2. The maximum absolute atomic E-state index is 13.7. The van der Waals surface area contributed by atoms with Crippen molar-refractivity contribution < 1.29 is 18.4 Å². The molecule has 2 amide bonds. The van der Waals surface area contributed by atoms with Gasteiger partial charge in [-0.05, 0) is 60.9 Å². The quantitative estimate of drug-likeness (QED) is 0.610. The van der Waals surface area contributed by atoms with Crippen LogP contribution in [0.3, 0.4) is 0 Å². The van der Waals surface area contributed by atoms with Crippen molar-refractivity contribution in [1.29, 1.82) is 0 Å². The lowest BCUT2D eigenvalue weighted by atomic mass is 9.98. The molecule has 7 heteroatoms. The van der Waals surface area contributed by atoms with Crippen LogP contribution in [0, 0.1) is 18.6 Å². The molecule has 0 radical (unpaired) electrons. The van der Waals surface area contributed by atoms with Gasteiger partial charge in [0.15, 0.2) is 0 Å². The van der Waals surface area contributed by atoms with E-state index in [1.807, 2.05) is 13.0 Å². The SMILES string of the molecule is Cc1ccc(C(=O)NCC(=O)NC(Cc2cccc(F)c2)c2cccc(F)c2)s1. The number of rotatable bonds is 7. The van der Waals surface area contributed by atoms with Gasteiger partial charge in [0.25, 0.3) is 5.91 Å². The fourth-order valence-electron chi connectivity index (χ4n) is 2.92. The molecule has 1 aromatic heterocycles. The van der Waals surface area contributed by atoms with E-state index in [4.69, 9.17) is 0 Å². The van der Waals surface area contributed by atoms with E-state index in [0.717, 1.165) is 4.88 Å². The van der Waals surface area contributed by atoms with Gasteiger partial charge in [0.1, 0.15) is 11.6 Å². The molecule has 4 nitrogen and oxygen atoms in total. The van der Waals surface area contributed by atoms with Gasteiger partial charge in [-0.3, -0.25) is 9.59 Å². The Morgan fingerprint density at radius 2 is 1.72 bits per heavy atom. The normalized spacial score (nSPS) is 11.7. The summed E-state index contributed by atoms with van der Waals surface area (Å²) in [5.74, 6) is -1.56. The Bertz CT molecular complexity index is 1020. The van der Waals surface area contributed by atoms with Crippen LogP contribution in [0.4, 0.5) is 8.78 Å². The third-order valence-corrected chi connectivity index (χ3v) is 5.29. The molecule has 0 spiro atoms. The fraction of sp³-hybridized carbons (Fsp3) is 0.182. The predicted molar refractivity (Wildman–Crippen MR) is 109 cm³/mol. The molecule has 3 aromatic rings. The molecule has 2 aromatic carbocycles. The van der Waals surface area contributed by atoms with Gasteiger partial charge in [0, 0.05) is 4.88 Å². The molecule has 150 valence electrons. The van der Waals surface area contributed by atoms with Gasteiger partial charge in [0.2, 0.25) is 5.91 Å². The molecule has 1 atom stereocenters. The number of carbonyl (C=O) groups excluding carboxylic acids is 2. The second kappa shape index (κ2) is 9.43. The van der Waals surface area contributed by atoms with Crippen LogP contribution in [0.5, 0.6) is 0 Å². The van der Waals surface area contributed by atoms with Crippen LogP contribution >= 0.6 is 11.3 Å². The molecule has 0 fully saturated rings. The summed E-state index contributed by atoms with van der Waals surface area (Å²) in [7, 11) is 0. The van der Waals surface area contributed by atoms with Gasteiger partial charge in [-0.15, -0.1) is 11.3 Å². The van der Waals surface area contributed by atoms with E-state index >= 15 is 0 Å². The van der Waals surface area contributed by atoms with Gasteiger partial charge < -0.3 is 10.6 Å². The molecule has 1 heterocycles. The Kier molecular flexibility index (Phi) is 6.72. The van der Waals surface area contributed by atoms with Gasteiger partial charge in [-0.2, -0.15) is 0 Å². The molecule has 1 unspecified atom stereocenters. The zero-order chi connectivity index (χ0) is 20.8. The van der Waals surface area contributed by atoms with Gasteiger partial charge in [0.05, 0.1) is 17.5 Å². The Morgan fingerprint density at radius 3 is 2.38 bits per heavy atom. The van der Waals surface area contributed by atoms with Crippen molar-refractivity contribution in [2.75, 3.05) is 6.54 Å². The summed E-state index contributed by atoms with van der Waals surface area (Å²) in [6, 6.07) is 14.9. The minimum atomic E-state index is -0.569. The van der Waals surface area contributed by atoms with E-state index in [2.05, 4.69) is 10.6 Å². The zero-order valence-corrected chi connectivity index (χ0v) is 16.6. The molecule has 2 N–H and O–H groups in total. The summed E-state index contributed by atoms with van der Waals surface area (Å²) in [6.07, 6.45) is 0.283. The Balaban J connectivity index is 1.68.